The molecule has 1 fully saturated rings. The van der Waals surface area contributed by atoms with Crippen molar-refractivity contribution in [3.63, 3.8) is 0 Å². The van der Waals surface area contributed by atoms with Gasteiger partial charge in [-0.2, -0.15) is 5.10 Å². The van der Waals surface area contributed by atoms with E-state index in [-0.39, 0.29) is 18.1 Å². The lowest BCUT2D eigenvalue weighted by Gasteiger charge is -2.35. The molecule has 1 aliphatic rings. The summed E-state index contributed by atoms with van der Waals surface area (Å²) in [5, 5.41) is 5.72. The predicted octanol–water partition coefficient (Wildman–Crippen LogP) is 3.94. The smallest absolute Gasteiger partial charge is 0.257 e. The van der Waals surface area contributed by atoms with Crippen LogP contribution in [0.5, 0.6) is 0 Å². The molecule has 2 atom stereocenters. The van der Waals surface area contributed by atoms with Crippen LogP contribution in [0.1, 0.15) is 35.5 Å². The number of benzene rings is 1. The number of hydrogen-bond acceptors (Lipinski definition) is 4. The van der Waals surface area contributed by atoms with Gasteiger partial charge in [0, 0.05) is 19.3 Å². The molecule has 1 aliphatic heterocycles. The number of fused-ring (bicyclic) bond motifs is 1. The van der Waals surface area contributed by atoms with Gasteiger partial charge in [0.05, 0.1) is 39.6 Å². The van der Waals surface area contributed by atoms with E-state index in [1.54, 1.807) is 15.8 Å². The third kappa shape index (κ3) is 3.27. The van der Waals surface area contributed by atoms with Crippen LogP contribution in [0, 0.1) is 13.8 Å². The van der Waals surface area contributed by atoms with Gasteiger partial charge < -0.3 is 9.64 Å². The second-order valence-electron chi connectivity index (χ2n) is 7.48. The predicted molar refractivity (Wildman–Crippen MR) is 109 cm³/mol. The van der Waals surface area contributed by atoms with Crippen LogP contribution in [0.2, 0.25) is 5.02 Å². The third-order valence-corrected chi connectivity index (χ3v) is 5.42. The maximum atomic E-state index is 13.1. The van der Waals surface area contributed by atoms with Crippen molar-refractivity contribution in [1.29, 1.82) is 0 Å². The second-order valence-corrected chi connectivity index (χ2v) is 7.86. The van der Waals surface area contributed by atoms with Gasteiger partial charge in [-0.05, 0) is 39.8 Å². The Morgan fingerprint density at radius 2 is 1.79 bits per heavy atom. The topological polar surface area (TPSA) is 60.2 Å². The van der Waals surface area contributed by atoms with Crippen LogP contribution in [0.15, 0.2) is 30.5 Å². The first-order valence-corrected chi connectivity index (χ1v) is 9.78. The Kier molecular flexibility index (Phi) is 4.85. The van der Waals surface area contributed by atoms with Crippen LogP contribution >= 0.6 is 11.6 Å². The van der Waals surface area contributed by atoms with Crippen molar-refractivity contribution in [2.24, 2.45) is 0 Å². The lowest BCUT2D eigenvalue weighted by Crippen LogP contribution is -2.48. The molecule has 7 heteroatoms. The van der Waals surface area contributed by atoms with E-state index in [1.807, 2.05) is 52.0 Å². The number of nitrogens with zero attached hydrogens (tertiary/aromatic N) is 4. The summed E-state index contributed by atoms with van der Waals surface area (Å²) in [4.78, 5) is 19.4. The zero-order chi connectivity index (χ0) is 20.0. The number of aromatic nitrogens is 3. The lowest BCUT2D eigenvalue weighted by atomic mass is 10.1. The molecule has 28 heavy (non-hydrogen) atoms. The summed E-state index contributed by atoms with van der Waals surface area (Å²) in [5.41, 5.74) is 3.87. The SMILES string of the molecule is Cc1ccc(-n2nc(C)c3c(Cl)c(C(=O)N4C[C@@H](C)O[C@H](C)C4)cnc32)cc1. The minimum Gasteiger partial charge on any atom is -0.372 e. The Labute approximate surface area is 169 Å². The molecule has 1 aromatic carbocycles. The molecule has 3 heterocycles. The molecular formula is C21H23ClN4O2. The molecule has 2 aromatic heterocycles. The highest BCUT2D eigenvalue weighted by Crippen LogP contribution is 2.31. The zero-order valence-electron chi connectivity index (χ0n) is 16.4. The number of carbonyl (C=O) groups excluding carboxylic acids is 1. The molecule has 0 radical (unpaired) electrons. The van der Waals surface area contributed by atoms with Crippen LogP contribution < -0.4 is 0 Å². The van der Waals surface area contributed by atoms with Gasteiger partial charge in [0.1, 0.15) is 0 Å². The molecule has 3 aromatic rings. The van der Waals surface area contributed by atoms with Crippen molar-refractivity contribution in [3.8, 4) is 5.69 Å². The molecule has 0 bridgehead atoms. The molecule has 0 spiro atoms. The monoisotopic (exact) mass is 398 g/mol. The number of rotatable bonds is 2. The molecule has 1 amide bonds. The number of pyridine rings is 1. The summed E-state index contributed by atoms with van der Waals surface area (Å²) < 4.78 is 7.49. The third-order valence-electron chi connectivity index (χ3n) is 5.02. The first kappa shape index (κ1) is 18.9. The standard InChI is InChI=1S/C21H23ClN4O2/c1-12-5-7-16(8-6-12)26-20-18(15(4)24-26)19(22)17(9-23-20)21(27)25-10-13(2)28-14(3)11-25/h5-9,13-14H,10-11H2,1-4H3/t13-,14-/m1/s1. The van der Waals surface area contributed by atoms with Crippen molar-refractivity contribution in [1.82, 2.24) is 19.7 Å². The van der Waals surface area contributed by atoms with E-state index in [9.17, 15) is 4.79 Å². The van der Waals surface area contributed by atoms with Gasteiger partial charge in [0.2, 0.25) is 0 Å². The Morgan fingerprint density at radius 3 is 2.43 bits per heavy atom. The Hall–Kier alpha value is -2.44. The van der Waals surface area contributed by atoms with Crippen LogP contribution in [-0.4, -0.2) is 50.9 Å². The largest absolute Gasteiger partial charge is 0.372 e. The van der Waals surface area contributed by atoms with Crippen molar-refractivity contribution in [2.75, 3.05) is 13.1 Å². The van der Waals surface area contributed by atoms with Crippen LogP contribution in [0.4, 0.5) is 0 Å². The van der Waals surface area contributed by atoms with E-state index in [4.69, 9.17) is 16.3 Å². The van der Waals surface area contributed by atoms with Gasteiger partial charge in [-0.25, -0.2) is 9.67 Å². The first-order valence-electron chi connectivity index (χ1n) is 9.40. The van der Waals surface area contributed by atoms with Gasteiger partial charge in [0.25, 0.3) is 5.91 Å². The molecule has 6 nitrogen and oxygen atoms in total. The maximum Gasteiger partial charge on any atom is 0.257 e. The van der Waals surface area contributed by atoms with E-state index in [0.29, 0.717) is 34.7 Å². The molecular weight excluding hydrogens is 376 g/mol. The molecule has 1 saturated heterocycles. The number of halogens is 1. The summed E-state index contributed by atoms with van der Waals surface area (Å²) in [6, 6.07) is 8.04. The van der Waals surface area contributed by atoms with Crippen molar-refractivity contribution in [2.45, 2.75) is 39.9 Å². The highest BCUT2D eigenvalue weighted by atomic mass is 35.5. The fourth-order valence-electron chi connectivity index (χ4n) is 3.74. The minimum atomic E-state index is -0.121. The number of amides is 1. The van der Waals surface area contributed by atoms with Crippen molar-refractivity contribution < 1.29 is 9.53 Å². The average molecular weight is 399 g/mol. The van der Waals surface area contributed by atoms with Crippen LogP contribution in [0.3, 0.4) is 0 Å². The van der Waals surface area contributed by atoms with Gasteiger partial charge in [-0.3, -0.25) is 4.79 Å². The number of carbonyl (C=O) groups is 1. The summed E-state index contributed by atoms with van der Waals surface area (Å²) in [6.45, 7) is 8.94. The fraction of sp³-hybridized carbons (Fsp3) is 0.381. The molecule has 0 N–H and O–H groups in total. The Bertz CT molecular complexity index is 1030. The summed E-state index contributed by atoms with van der Waals surface area (Å²) in [6.07, 6.45) is 1.55. The minimum absolute atomic E-state index is 0.00538. The Balaban J connectivity index is 1.76. The highest BCUT2D eigenvalue weighted by molar-refractivity contribution is 6.38. The van der Waals surface area contributed by atoms with Gasteiger partial charge in [-0.15, -0.1) is 0 Å². The van der Waals surface area contributed by atoms with E-state index in [0.717, 1.165) is 11.4 Å². The van der Waals surface area contributed by atoms with Gasteiger partial charge >= 0.3 is 0 Å². The average Bonchev–Trinajstić information content (AvgIpc) is 2.99. The highest BCUT2D eigenvalue weighted by Gasteiger charge is 2.29. The van der Waals surface area contributed by atoms with Gasteiger partial charge in [0.15, 0.2) is 5.65 Å². The summed E-state index contributed by atoms with van der Waals surface area (Å²) in [7, 11) is 0. The summed E-state index contributed by atoms with van der Waals surface area (Å²) in [5.74, 6) is -0.121. The molecule has 0 unspecified atom stereocenters. The zero-order valence-corrected chi connectivity index (χ0v) is 17.2. The number of hydrogen-bond donors (Lipinski definition) is 0. The van der Waals surface area contributed by atoms with Crippen molar-refractivity contribution in [3.05, 3.63) is 52.3 Å². The normalized spacial score (nSPS) is 20.0. The molecule has 0 saturated carbocycles. The maximum absolute atomic E-state index is 13.1. The van der Waals surface area contributed by atoms with Crippen molar-refractivity contribution >= 4 is 28.5 Å². The van der Waals surface area contributed by atoms with E-state index in [1.165, 1.54) is 5.56 Å². The van der Waals surface area contributed by atoms with E-state index < -0.39 is 0 Å². The second kappa shape index (κ2) is 7.18. The van der Waals surface area contributed by atoms with E-state index >= 15 is 0 Å². The molecule has 0 aliphatic carbocycles. The molecule has 146 valence electrons. The number of ether oxygens (including phenoxy) is 1. The van der Waals surface area contributed by atoms with Gasteiger partial charge in [-0.1, -0.05) is 29.3 Å². The van der Waals surface area contributed by atoms with Crippen LogP contribution in [-0.2, 0) is 4.74 Å². The quantitative estimate of drug-likeness (QED) is 0.656. The summed E-state index contributed by atoms with van der Waals surface area (Å²) >= 11 is 6.69. The Morgan fingerprint density at radius 1 is 1.14 bits per heavy atom. The fourth-order valence-corrected chi connectivity index (χ4v) is 4.09. The lowest BCUT2D eigenvalue weighted by molar-refractivity contribution is -0.0586. The van der Waals surface area contributed by atoms with Crippen LogP contribution in [0.25, 0.3) is 16.7 Å². The van der Waals surface area contributed by atoms with E-state index in [2.05, 4.69) is 10.1 Å². The first-order chi connectivity index (χ1) is 13.3. The number of aryl methyl sites for hydroxylation is 2. The molecule has 4 rings (SSSR count). The number of morpholine rings is 1.